The zero-order chi connectivity index (χ0) is 15.7. The van der Waals surface area contributed by atoms with E-state index >= 15 is 0 Å². The van der Waals surface area contributed by atoms with Crippen LogP contribution in [0.4, 0.5) is 0 Å². The summed E-state index contributed by atoms with van der Waals surface area (Å²) in [7, 11) is 0. The monoisotopic (exact) mass is 294 g/mol. The Balaban J connectivity index is 2.13. The number of nitrogens with zero attached hydrogens (tertiary/aromatic N) is 1. The number of rotatable bonds is 2. The lowest BCUT2D eigenvalue weighted by Crippen LogP contribution is -2.27. The minimum absolute atomic E-state index is 0.0612. The number of Topliss-reactive ketones (excluding diaryl/α,β-unsaturated/α-hetero) is 1. The zero-order valence-electron chi connectivity index (χ0n) is 12.6. The van der Waals surface area contributed by atoms with Gasteiger partial charge in [0.2, 0.25) is 5.88 Å². The van der Waals surface area contributed by atoms with Gasteiger partial charge in [0.15, 0.2) is 5.78 Å². The summed E-state index contributed by atoms with van der Waals surface area (Å²) in [6.07, 6.45) is 2.92. The van der Waals surface area contributed by atoms with Gasteiger partial charge in [0.05, 0.1) is 5.92 Å². The molecule has 0 aromatic heterocycles. The van der Waals surface area contributed by atoms with Crippen LogP contribution in [0.5, 0.6) is 0 Å². The first kappa shape index (κ1) is 14.4. The van der Waals surface area contributed by atoms with E-state index in [0.717, 1.165) is 18.4 Å². The molecule has 1 atom stereocenters. The molecule has 0 bridgehead atoms. The molecule has 1 heterocycles. The van der Waals surface area contributed by atoms with E-state index in [4.69, 9.17) is 10.5 Å². The molecule has 0 fully saturated rings. The lowest BCUT2D eigenvalue weighted by Gasteiger charge is -2.31. The van der Waals surface area contributed by atoms with Gasteiger partial charge in [-0.25, -0.2) is 0 Å². The number of aryl methyl sites for hydroxylation is 1. The predicted molar refractivity (Wildman–Crippen MR) is 82.4 cm³/mol. The SMILES string of the molecule is CCc1ccc(C2C(C#N)=C(N)OC3=C2C(=O)CCC3)cc1. The molecule has 0 spiro atoms. The Labute approximate surface area is 129 Å². The van der Waals surface area contributed by atoms with Crippen molar-refractivity contribution < 1.29 is 9.53 Å². The standard InChI is InChI=1S/C18H18N2O2/c1-2-11-6-8-12(9-7-11)16-13(10-19)18(20)22-15-5-3-4-14(21)17(15)16/h6-9,16H,2-5,20H2,1H3. The summed E-state index contributed by atoms with van der Waals surface area (Å²) in [5.41, 5.74) is 9.00. The lowest BCUT2D eigenvalue weighted by atomic mass is 9.77. The fourth-order valence-corrected chi connectivity index (χ4v) is 3.14. The van der Waals surface area contributed by atoms with Gasteiger partial charge in [-0.1, -0.05) is 31.2 Å². The Morgan fingerprint density at radius 1 is 1.32 bits per heavy atom. The summed E-state index contributed by atoms with van der Waals surface area (Å²) in [4.78, 5) is 12.4. The Kier molecular flexibility index (Phi) is 3.72. The number of hydrogen-bond donors (Lipinski definition) is 1. The van der Waals surface area contributed by atoms with Gasteiger partial charge < -0.3 is 10.5 Å². The highest BCUT2D eigenvalue weighted by molar-refractivity contribution is 5.99. The van der Waals surface area contributed by atoms with Crippen LogP contribution < -0.4 is 5.73 Å². The highest BCUT2D eigenvalue weighted by Gasteiger charge is 2.37. The summed E-state index contributed by atoms with van der Waals surface area (Å²) in [6, 6.07) is 10.1. The van der Waals surface area contributed by atoms with Crippen molar-refractivity contribution in [2.45, 2.75) is 38.5 Å². The molecule has 4 nitrogen and oxygen atoms in total. The Morgan fingerprint density at radius 3 is 2.68 bits per heavy atom. The number of hydrogen-bond acceptors (Lipinski definition) is 4. The van der Waals surface area contributed by atoms with Crippen molar-refractivity contribution in [3.63, 3.8) is 0 Å². The van der Waals surface area contributed by atoms with Gasteiger partial charge in [0, 0.05) is 18.4 Å². The Hall–Kier alpha value is -2.54. The summed E-state index contributed by atoms with van der Waals surface area (Å²) in [5, 5.41) is 9.47. The summed E-state index contributed by atoms with van der Waals surface area (Å²) in [6.45, 7) is 2.09. The van der Waals surface area contributed by atoms with Crippen LogP contribution in [0.3, 0.4) is 0 Å². The fourth-order valence-electron chi connectivity index (χ4n) is 3.14. The maximum absolute atomic E-state index is 12.4. The molecule has 1 aromatic carbocycles. The second-order valence-electron chi connectivity index (χ2n) is 5.63. The largest absolute Gasteiger partial charge is 0.444 e. The lowest BCUT2D eigenvalue weighted by molar-refractivity contribution is -0.116. The van der Waals surface area contributed by atoms with E-state index in [2.05, 4.69) is 13.0 Å². The molecule has 112 valence electrons. The normalized spacial score (nSPS) is 21.3. The van der Waals surface area contributed by atoms with E-state index in [-0.39, 0.29) is 11.7 Å². The molecular weight excluding hydrogens is 276 g/mol. The third-order valence-corrected chi connectivity index (χ3v) is 4.33. The van der Waals surface area contributed by atoms with Gasteiger partial charge in [0.25, 0.3) is 0 Å². The number of ketones is 1. The summed E-state index contributed by atoms with van der Waals surface area (Å²) >= 11 is 0. The predicted octanol–water partition coefficient (Wildman–Crippen LogP) is 3.06. The highest BCUT2D eigenvalue weighted by atomic mass is 16.5. The quantitative estimate of drug-likeness (QED) is 0.909. The number of ether oxygens (including phenoxy) is 1. The highest BCUT2D eigenvalue weighted by Crippen LogP contribution is 2.43. The van der Waals surface area contributed by atoms with Crippen LogP contribution in [0.25, 0.3) is 0 Å². The van der Waals surface area contributed by atoms with Crippen LogP contribution in [0, 0.1) is 11.3 Å². The molecular formula is C18H18N2O2. The van der Waals surface area contributed by atoms with Gasteiger partial charge in [0.1, 0.15) is 17.4 Å². The third-order valence-electron chi connectivity index (χ3n) is 4.33. The topological polar surface area (TPSA) is 76.1 Å². The molecule has 3 rings (SSSR count). The van der Waals surface area contributed by atoms with Crippen LogP contribution in [-0.4, -0.2) is 5.78 Å². The molecule has 0 saturated heterocycles. The molecule has 0 amide bonds. The van der Waals surface area contributed by atoms with E-state index in [0.29, 0.717) is 29.7 Å². The van der Waals surface area contributed by atoms with Crippen molar-refractivity contribution in [3.8, 4) is 6.07 Å². The smallest absolute Gasteiger partial charge is 0.205 e. The van der Waals surface area contributed by atoms with Crippen molar-refractivity contribution in [2.24, 2.45) is 5.73 Å². The van der Waals surface area contributed by atoms with Gasteiger partial charge in [-0.05, 0) is 24.0 Å². The molecule has 22 heavy (non-hydrogen) atoms. The van der Waals surface area contributed by atoms with Crippen molar-refractivity contribution >= 4 is 5.78 Å². The Morgan fingerprint density at radius 2 is 2.05 bits per heavy atom. The molecule has 1 aliphatic carbocycles. The second kappa shape index (κ2) is 5.69. The second-order valence-corrected chi connectivity index (χ2v) is 5.63. The maximum atomic E-state index is 12.4. The number of benzene rings is 1. The van der Waals surface area contributed by atoms with Crippen LogP contribution in [0.2, 0.25) is 0 Å². The summed E-state index contributed by atoms with van der Waals surface area (Å²) in [5.74, 6) is 0.427. The van der Waals surface area contributed by atoms with E-state index < -0.39 is 5.92 Å². The molecule has 1 aliphatic heterocycles. The first-order chi connectivity index (χ1) is 10.7. The minimum atomic E-state index is -0.396. The maximum Gasteiger partial charge on any atom is 0.205 e. The van der Waals surface area contributed by atoms with Crippen molar-refractivity contribution in [1.29, 1.82) is 5.26 Å². The van der Waals surface area contributed by atoms with Crippen LogP contribution >= 0.6 is 0 Å². The van der Waals surface area contributed by atoms with Crippen LogP contribution in [0.15, 0.2) is 47.1 Å². The number of carbonyl (C=O) groups excluding carboxylic acids is 1. The van der Waals surface area contributed by atoms with Crippen molar-refractivity contribution in [2.75, 3.05) is 0 Å². The molecule has 1 unspecified atom stereocenters. The zero-order valence-corrected chi connectivity index (χ0v) is 12.6. The summed E-state index contributed by atoms with van der Waals surface area (Å²) < 4.78 is 5.55. The molecule has 2 aliphatic rings. The molecule has 2 N–H and O–H groups in total. The average Bonchev–Trinajstić information content (AvgIpc) is 2.54. The van der Waals surface area contributed by atoms with Gasteiger partial charge in [-0.15, -0.1) is 0 Å². The van der Waals surface area contributed by atoms with Crippen LogP contribution in [-0.2, 0) is 16.0 Å². The molecule has 0 saturated carbocycles. The van der Waals surface area contributed by atoms with Crippen molar-refractivity contribution in [1.82, 2.24) is 0 Å². The fraction of sp³-hybridized carbons (Fsp3) is 0.333. The minimum Gasteiger partial charge on any atom is -0.444 e. The van der Waals surface area contributed by atoms with Gasteiger partial charge in [-0.3, -0.25) is 4.79 Å². The third kappa shape index (κ3) is 2.29. The first-order valence-corrected chi connectivity index (χ1v) is 7.58. The van der Waals surface area contributed by atoms with Crippen molar-refractivity contribution in [3.05, 3.63) is 58.2 Å². The van der Waals surface area contributed by atoms with E-state index in [1.807, 2.05) is 24.3 Å². The number of nitrogens with two attached hydrogens (primary N) is 1. The Bertz CT molecular complexity index is 720. The van der Waals surface area contributed by atoms with Crippen LogP contribution in [0.1, 0.15) is 43.2 Å². The molecule has 1 aromatic rings. The molecule has 0 radical (unpaired) electrons. The van der Waals surface area contributed by atoms with E-state index in [1.165, 1.54) is 5.56 Å². The average molecular weight is 294 g/mol. The van der Waals surface area contributed by atoms with Gasteiger partial charge >= 0.3 is 0 Å². The van der Waals surface area contributed by atoms with E-state index in [9.17, 15) is 10.1 Å². The molecule has 4 heteroatoms. The number of allylic oxidation sites excluding steroid dienone is 3. The van der Waals surface area contributed by atoms with Gasteiger partial charge in [-0.2, -0.15) is 5.26 Å². The number of nitriles is 1. The first-order valence-electron chi connectivity index (χ1n) is 7.58. The van der Waals surface area contributed by atoms with E-state index in [1.54, 1.807) is 0 Å². The number of carbonyl (C=O) groups is 1.